The molecule has 4 heteroatoms. The summed E-state index contributed by atoms with van der Waals surface area (Å²) in [5.74, 6) is -0.295. The van der Waals surface area contributed by atoms with E-state index in [1.54, 1.807) is 24.4 Å². The summed E-state index contributed by atoms with van der Waals surface area (Å²) in [5, 5.41) is 12.5. The lowest BCUT2D eigenvalue weighted by molar-refractivity contribution is 0.0908. The van der Waals surface area contributed by atoms with Gasteiger partial charge in [-0.25, -0.2) is 0 Å². The second kappa shape index (κ2) is 5.37. The highest BCUT2D eigenvalue weighted by Crippen LogP contribution is 2.28. The van der Waals surface area contributed by atoms with Gasteiger partial charge in [-0.15, -0.1) is 0 Å². The van der Waals surface area contributed by atoms with E-state index in [9.17, 15) is 10.1 Å². The van der Waals surface area contributed by atoms with Gasteiger partial charge < -0.3 is 5.32 Å². The first kappa shape index (κ1) is 13.3. The third-order valence-electron chi connectivity index (χ3n) is 3.90. The van der Waals surface area contributed by atoms with Crippen molar-refractivity contribution >= 4 is 5.91 Å². The van der Waals surface area contributed by atoms with E-state index >= 15 is 0 Å². The Balaban J connectivity index is 1.83. The summed E-state index contributed by atoms with van der Waals surface area (Å²) in [5.41, 5.74) is 1.89. The van der Waals surface area contributed by atoms with E-state index in [2.05, 4.69) is 22.4 Å². The van der Waals surface area contributed by atoms with Crippen molar-refractivity contribution in [2.75, 3.05) is 0 Å². The Kier molecular flexibility index (Phi) is 3.41. The van der Waals surface area contributed by atoms with Crippen LogP contribution in [0.3, 0.4) is 0 Å². The van der Waals surface area contributed by atoms with Gasteiger partial charge in [0.1, 0.15) is 11.2 Å². The fourth-order valence-corrected chi connectivity index (χ4v) is 2.74. The maximum absolute atomic E-state index is 12.3. The maximum atomic E-state index is 12.3. The smallest absolute Gasteiger partial charge is 0.271 e. The van der Waals surface area contributed by atoms with Crippen molar-refractivity contribution < 1.29 is 4.79 Å². The molecule has 3 rings (SSSR count). The SMILES string of the molecule is N#C[C@]1(NC(=O)c2ccccn2)CCc2ccccc2C1. The largest absolute Gasteiger partial charge is 0.332 e. The number of nitrogens with zero attached hydrogens (tertiary/aromatic N) is 2. The number of fused-ring (bicyclic) bond motifs is 1. The topological polar surface area (TPSA) is 65.8 Å². The number of nitriles is 1. The van der Waals surface area contributed by atoms with Crippen LogP contribution in [0.15, 0.2) is 48.7 Å². The number of benzene rings is 1. The van der Waals surface area contributed by atoms with Gasteiger partial charge in [-0.05, 0) is 36.1 Å². The Hall–Kier alpha value is -2.67. The molecule has 4 nitrogen and oxygen atoms in total. The first-order valence-corrected chi connectivity index (χ1v) is 6.94. The number of rotatable bonds is 2. The molecule has 0 saturated heterocycles. The zero-order valence-electron chi connectivity index (χ0n) is 11.5. The van der Waals surface area contributed by atoms with Crippen LogP contribution >= 0.6 is 0 Å². The minimum atomic E-state index is -0.844. The molecule has 0 radical (unpaired) electrons. The predicted molar refractivity (Wildman–Crippen MR) is 78.5 cm³/mol. The number of pyridine rings is 1. The summed E-state index contributed by atoms with van der Waals surface area (Å²) < 4.78 is 0. The normalized spacial score (nSPS) is 20.1. The summed E-state index contributed by atoms with van der Waals surface area (Å²) in [7, 11) is 0. The summed E-state index contributed by atoms with van der Waals surface area (Å²) in [4.78, 5) is 16.3. The average molecular weight is 277 g/mol. The van der Waals surface area contributed by atoms with Crippen LogP contribution in [0.5, 0.6) is 0 Å². The van der Waals surface area contributed by atoms with E-state index in [-0.39, 0.29) is 5.91 Å². The van der Waals surface area contributed by atoms with Gasteiger partial charge in [-0.3, -0.25) is 9.78 Å². The van der Waals surface area contributed by atoms with Crippen molar-refractivity contribution in [1.29, 1.82) is 5.26 Å². The van der Waals surface area contributed by atoms with Gasteiger partial charge in [-0.1, -0.05) is 30.3 Å². The van der Waals surface area contributed by atoms with Crippen molar-refractivity contribution in [3.05, 3.63) is 65.5 Å². The Morgan fingerprint density at radius 3 is 2.67 bits per heavy atom. The number of aromatic nitrogens is 1. The van der Waals surface area contributed by atoms with Crippen LogP contribution < -0.4 is 5.32 Å². The zero-order chi connectivity index (χ0) is 14.7. The molecule has 1 N–H and O–H groups in total. The Bertz CT molecular complexity index is 705. The molecule has 1 aliphatic rings. The molecule has 104 valence electrons. The van der Waals surface area contributed by atoms with E-state index in [4.69, 9.17) is 0 Å². The molecule has 1 atom stereocenters. The van der Waals surface area contributed by atoms with Gasteiger partial charge in [-0.2, -0.15) is 5.26 Å². The number of amides is 1. The number of aryl methyl sites for hydroxylation is 1. The highest BCUT2D eigenvalue weighted by Gasteiger charge is 2.36. The first-order chi connectivity index (χ1) is 10.2. The summed E-state index contributed by atoms with van der Waals surface area (Å²) in [6.07, 6.45) is 3.54. The number of carbonyl (C=O) groups excluding carboxylic acids is 1. The van der Waals surface area contributed by atoms with Gasteiger partial charge in [0.15, 0.2) is 0 Å². The molecule has 2 aromatic rings. The molecule has 0 bridgehead atoms. The lowest BCUT2D eigenvalue weighted by Gasteiger charge is -2.32. The van der Waals surface area contributed by atoms with Crippen molar-refractivity contribution in [1.82, 2.24) is 10.3 Å². The highest BCUT2D eigenvalue weighted by molar-refractivity contribution is 5.93. The van der Waals surface area contributed by atoms with E-state index in [1.807, 2.05) is 18.2 Å². The van der Waals surface area contributed by atoms with Crippen molar-refractivity contribution in [3.63, 3.8) is 0 Å². The van der Waals surface area contributed by atoms with E-state index in [0.717, 1.165) is 12.0 Å². The summed E-state index contributed by atoms with van der Waals surface area (Å²) in [6.45, 7) is 0. The van der Waals surface area contributed by atoms with Crippen LogP contribution in [0, 0.1) is 11.3 Å². The maximum Gasteiger partial charge on any atom is 0.271 e. The number of nitrogens with one attached hydrogen (secondary N) is 1. The zero-order valence-corrected chi connectivity index (χ0v) is 11.5. The lowest BCUT2D eigenvalue weighted by atomic mass is 9.78. The Morgan fingerprint density at radius 1 is 1.19 bits per heavy atom. The standard InChI is InChI=1S/C17H15N3O/c18-12-17(20-16(21)15-7-3-4-10-19-15)9-8-13-5-1-2-6-14(13)11-17/h1-7,10H,8-9,11H2,(H,20,21)/t17-/m0/s1. The molecule has 21 heavy (non-hydrogen) atoms. The van der Waals surface area contributed by atoms with Crippen molar-refractivity contribution in [2.24, 2.45) is 0 Å². The average Bonchev–Trinajstić information content (AvgIpc) is 2.55. The molecule has 0 spiro atoms. The molecule has 0 aliphatic heterocycles. The molecule has 1 amide bonds. The fraction of sp³-hybridized carbons (Fsp3) is 0.235. The Morgan fingerprint density at radius 2 is 1.95 bits per heavy atom. The van der Waals surface area contributed by atoms with Crippen molar-refractivity contribution in [3.8, 4) is 6.07 Å². The third-order valence-corrected chi connectivity index (χ3v) is 3.90. The minimum absolute atomic E-state index is 0.295. The van der Waals surface area contributed by atoms with Gasteiger partial charge >= 0.3 is 0 Å². The molecule has 0 unspecified atom stereocenters. The molecular weight excluding hydrogens is 262 g/mol. The van der Waals surface area contributed by atoms with Crippen LogP contribution in [-0.4, -0.2) is 16.4 Å². The predicted octanol–water partition coefficient (Wildman–Crippen LogP) is 2.26. The van der Waals surface area contributed by atoms with Crippen LogP contribution in [-0.2, 0) is 12.8 Å². The van der Waals surface area contributed by atoms with Gasteiger partial charge in [0, 0.05) is 12.6 Å². The lowest BCUT2D eigenvalue weighted by Crippen LogP contribution is -2.51. The van der Waals surface area contributed by atoms with Crippen LogP contribution in [0.4, 0.5) is 0 Å². The van der Waals surface area contributed by atoms with E-state index in [1.165, 1.54) is 5.56 Å². The molecule has 0 saturated carbocycles. The number of carbonyl (C=O) groups is 1. The number of hydrogen-bond acceptors (Lipinski definition) is 3. The van der Waals surface area contributed by atoms with Gasteiger partial charge in [0.05, 0.1) is 6.07 Å². The highest BCUT2D eigenvalue weighted by atomic mass is 16.2. The molecule has 1 aliphatic carbocycles. The monoisotopic (exact) mass is 277 g/mol. The van der Waals surface area contributed by atoms with Gasteiger partial charge in [0.25, 0.3) is 5.91 Å². The van der Waals surface area contributed by atoms with Crippen molar-refractivity contribution in [2.45, 2.75) is 24.8 Å². The third kappa shape index (κ3) is 2.63. The minimum Gasteiger partial charge on any atom is -0.332 e. The van der Waals surface area contributed by atoms with Gasteiger partial charge in [0.2, 0.25) is 0 Å². The van der Waals surface area contributed by atoms with Crippen LogP contribution in [0.2, 0.25) is 0 Å². The second-order valence-corrected chi connectivity index (χ2v) is 5.31. The van der Waals surface area contributed by atoms with E-state index < -0.39 is 5.54 Å². The summed E-state index contributed by atoms with van der Waals surface area (Å²) >= 11 is 0. The quantitative estimate of drug-likeness (QED) is 0.915. The number of hydrogen-bond donors (Lipinski definition) is 1. The molecule has 1 aromatic heterocycles. The fourth-order valence-electron chi connectivity index (χ4n) is 2.74. The second-order valence-electron chi connectivity index (χ2n) is 5.31. The van der Waals surface area contributed by atoms with Crippen LogP contribution in [0.1, 0.15) is 28.0 Å². The van der Waals surface area contributed by atoms with Crippen LogP contribution in [0.25, 0.3) is 0 Å². The Labute approximate surface area is 123 Å². The summed E-state index contributed by atoms with van der Waals surface area (Å²) in [6, 6.07) is 15.5. The molecule has 1 aromatic carbocycles. The van der Waals surface area contributed by atoms with E-state index in [0.29, 0.717) is 18.5 Å². The molecule has 1 heterocycles. The first-order valence-electron chi connectivity index (χ1n) is 6.94. The molecular formula is C17H15N3O. The molecule has 0 fully saturated rings.